The smallest absolute Gasteiger partial charge is 0.161 e. The third kappa shape index (κ3) is 2.86. The number of ether oxygens (including phenoxy) is 2. The van der Waals surface area contributed by atoms with Gasteiger partial charge in [-0.2, -0.15) is 0 Å². The maximum absolute atomic E-state index is 6.16. The maximum Gasteiger partial charge on any atom is 0.161 e. The zero-order valence-corrected chi connectivity index (χ0v) is 12.4. The normalized spacial score (nSPS) is 24.6. The molecule has 2 rings (SSSR count). The molecular formula is C16H25NO2. The lowest BCUT2D eigenvalue weighted by atomic mass is 9.64. The summed E-state index contributed by atoms with van der Waals surface area (Å²) in [7, 11) is 2.01. The van der Waals surface area contributed by atoms with Crippen LogP contribution < -0.4 is 14.8 Å². The fourth-order valence-electron chi connectivity index (χ4n) is 2.61. The van der Waals surface area contributed by atoms with Crippen LogP contribution in [0.4, 0.5) is 0 Å². The first-order valence-corrected chi connectivity index (χ1v) is 7.15. The second-order valence-corrected chi connectivity index (χ2v) is 5.80. The zero-order chi connectivity index (χ0) is 13.9. The van der Waals surface area contributed by atoms with E-state index in [1.54, 1.807) is 0 Å². The number of nitrogens with one attached hydrogen (secondary N) is 1. The molecule has 0 radical (unpaired) electrons. The number of hydrogen-bond acceptors (Lipinski definition) is 3. The number of hydrogen-bond donors (Lipinski definition) is 1. The van der Waals surface area contributed by atoms with Crippen molar-refractivity contribution in [2.24, 2.45) is 5.41 Å². The van der Waals surface area contributed by atoms with Crippen LogP contribution >= 0.6 is 0 Å². The summed E-state index contributed by atoms with van der Waals surface area (Å²) in [5.74, 6) is 1.72. The van der Waals surface area contributed by atoms with Crippen LogP contribution in [0.1, 0.15) is 33.6 Å². The van der Waals surface area contributed by atoms with Crippen molar-refractivity contribution in [2.75, 3.05) is 13.7 Å². The lowest BCUT2D eigenvalue weighted by Crippen LogP contribution is -2.61. The molecule has 1 aromatic carbocycles. The van der Waals surface area contributed by atoms with Crippen LogP contribution in [0.3, 0.4) is 0 Å². The molecule has 1 fully saturated rings. The molecule has 2 unspecified atom stereocenters. The highest BCUT2D eigenvalue weighted by molar-refractivity contribution is 5.40. The zero-order valence-electron chi connectivity index (χ0n) is 12.4. The maximum atomic E-state index is 6.16. The van der Waals surface area contributed by atoms with E-state index in [0.29, 0.717) is 6.04 Å². The molecule has 1 saturated carbocycles. The Labute approximate surface area is 116 Å². The Kier molecular flexibility index (Phi) is 4.35. The molecular weight excluding hydrogens is 238 g/mol. The standard InChI is InChI=1S/C16H25NO2/c1-5-10-18-12-8-6-7-9-13(12)19-15-11-14(17-4)16(15,2)3/h6-9,14-15,17H,5,10-11H2,1-4H3. The molecule has 0 heterocycles. The molecule has 106 valence electrons. The summed E-state index contributed by atoms with van der Waals surface area (Å²) in [6.07, 6.45) is 2.30. The van der Waals surface area contributed by atoms with Crippen molar-refractivity contribution in [1.29, 1.82) is 0 Å². The molecule has 1 aromatic rings. The van der Waals surface area contributed by atoms with Gasteiger partial charge in [0.15, 0.2) is 11.5 Å². The molecule has 0 aromatic heterocycles. The fourth-order valence-corrected chi connectivity index (χ4v) is 2.61. The van der Waals surface area contributed by atoms with Crippen LogP contribution in [-0.4, -0.2) is 25.8 Å². The largest absolute Gasteiger partial charge is 0.490 e. The molecule has 1 N–H and O–H groups in total. The van der Waals surface area contributed by atoms with Crippen molar-refractivity contribution in [2.45, 2.75) is 45.8 Å². The van der Waals surface area contributed by atoms with Crippen molar-refractivity contribution in [3.8, 4) is 11.5 Å². The Morgan fingerprint density at radius 2 is 1.95 bits per heavy atom. The average Bonchev–Trinajstić information content (AvgIpc) is 2.41. The Bertz CT molecular complexity index is 417. The first kappa shape index (κ1) is 14.2. The van der Waals surface area contributed by atoms with Gasteiger partial charge in [-0.05, 0) is 25.6 Å². The molecule has 1 aliphatic rings. The first-order chi connectivity index (χ1) is 9.09. The monoisotopic (exact) mass is 263 g/mol. The van der Waals surface area contributed by atoms with Crippen molar-refractivity contribution in [3.05, 3.63) is 24.3 Å². The van der Waals surface area contributed by atoms with Crippen LogP contribution in [-0.2, 0) is 0 Å². The molecule has 0 spiro atoms. The minimum Gasteiger partial charge on any atom is -0.490 e. The Hall–Kier alpha value is -1.22. The van der Waals surface area contributed by atoms with Crippen LogP contribution in [0.5, 0.6) is 11.5 Å². The van der Waals surface area contributed by atoms with Crippen molar-refractivity contribution >= 4 is 0 Å². The third-order valence-electron chi connectivity index (χ3n) is 4.11. The molecule has 3 nitrogen and oxygen atoms in total. The molecule has 0 aliphatic heterocycles. The molecule has 19 heavy (non-hydrogen) atoms. The Morgan fingerprint density at radius 1 is 1.26 bits per heavy atom. The van der Waals surface area contributed by atoms with Crippen LogP contribution in [0, 0.1) is 5.41 Å². The highest BCUT2D eigenvalue weighted by Gasteiger charge is 2.49. The average molecular weight is 263 g/mol. The van der Waals surface area contributed by atoms with Crippen LogP contribution in [0.25, 0.3) is 0 Å². The summed E-state index contributed by atoms with van der Waals surface area (Å²) in [5, 5.41) is 3.35. The second kappa shape index (κ2) is 5.83. The summed E-state index contributed by atoms with van der Waals surface area (Å²) < 4.78 is 11.9. The number of rotatable bonds is 6. The Morgan fingerprint density at radius 3 is 2.53 bits per heavy atom. The minimum absolute atomic E-state index is 0.159. The molecule has 0 saturated heterocycles. The predicted octanol–water partition coefficient (Wildman–Crippen LogP) is 3.24. The third-order valence-corrected chi connectivity index (χ3v) is 4.11. The van der Waals surface area contributed by atoms with Gasteiger partial charge in [0.2, 0.25) is 0 Å². The van der Waals surface area contributed by atoms with Gasteiger partial charge in [0, 0.05) is 17.9 Å². The van der Waals surface area contributed by atoms with Gasteiger partial charge in [0.05, 0.1) is 6.61 Å². The van der Waals surface area contributed by atoms with E-state index < -0.39 is 0 Å². The van der Waals surface area contributed by atoms with E-state index in [1.165, 1.54) is 0 Å². The predicted molar refractivity (Wildman–Crippen MR) is 77.9 cm³/mol. The van der Waals surface area contributed by atoms with Gasteiger partial charge in [-0.3, -0.25) is 0 Å². The lowest BCUT2D eigenvalue weighted by molar-refractivity contribution is -0.0532. The van der Waals surface area contributed by atoms with Crippen molar-refractivity contribution in [1.82, 2.24) is 5.32 Å². The number of para-hydroxylation sites is 2. The van der Waals surface area contributed by atoms with Gasteiger partial charge in [0.1, 0.15) is 6.10 Å². The van der Waals surface area contributed by atoms with E-state index >= 15 is 0 Å². The fraction of sp³-hybridized carbons (Fsp3) is 0.625. The quantitative estimate of drug-likeness (QED) is 0.854. The van der Waals surface area contributed by atoms with Gasteiger partial charge in [-0.15, -0.1) is 0 Å². The Balaban J connectivity index is 2.04. The summed E-state index contributed by atoms with van der Waals surface area (Å²) in [6.45, 7) is 7.33. The molecule has 1 aliphatic carbocycles. The number of benzene rings is 1. The molecule has 0 amide bonds. The SMILES string of the molecule is CCCOc1ccccc1OC1CC(NC)C1(C)C. The van der Waals surface area contributed by atoms with Crippen LogP contribution in [0.2, 0.25) is 0 Å². The van der Waals surface area contributed by atoms with E-state index in [-0.39, 0.29) is 11.5 Å². The lowest BCUT2D eigenvalue weighted by Gasteiger charge is -2.51. The van der Waals surface area contributed by atoms with Gasteiger partial charge in [0.25, 0.3) is 0 Å². The molecule has 0 bridgehead atoms. The van der Waals surface area contributed by atoms with Gasteiger partial charge in [-0.1, -0.05) is 32.9 Å². The van der Waals surface area contributed by atoms with E-state index in [4.69, 9.17) is 9.47 Å². The summed E-state index contributed by atoms with van der Waals surface area (Å²) in [4.78, 5) is 0. The van der Waals surface area contributed by atoms with Gasteiger partial charge in [-0.25, -0.2) is 0 Å². The van der Waals surface area contributed by atoms with E-state index in [0.717, 1.165) is 30.9 Å². The molecule has 2 atom stereocenters. The summed E-state index contributed by atoms with van der Waals surface area (Å²) in [5.41, 5.74) is 0.159. The minimum atomic E-state index is 0.159. The highest BCUT2D eigenvalue weighted by Crippen LogP contribution is 2.44. The topological polar surface area (TPSA) is 30.5 Å². The second-order valence-electron chi connectivity index (χ2n) is 5.80. The van der Waals surface area contributed by atoms with Crippen molar-refractivity contribution in [3.63, 3.8) is 0 Å². The highest BCUT2D eigenvalue weighted by atomic mass is 16.5. The van der Waals surface area contributed by atoms with Crippen LogP contribution in [0.15, 0.2) is 24.3 Å². The van der Waals surface area contributed by atoms with E-state index in [9.17, 15) is 0 Å². The van der Waals surface area contributed by atoms with Gasteiger partial charge < -0.3 is 14.8 Å². The van der Waals surface area contributed by atoms with E-state index in [2.05, 4.69) is 26.1 Å². The van der Waals surface area contributed by atoms with Gasteiger partial charge >= 0.3 is 0 Å². The molecule has 3 heteroatoms. The van der Waals surface area contributed by atoms with Crippen molar-refractivity contribution < 1.29 is 9.47 Å². The van der Waals surface area contributed by atoms with E-state index in [1.807, 2.05) is 31.3 Å². The summed E-state index contributed by atoms with van der Waals surface area (Å²) >= 11 is 0. The summed E-state index contributed by atoms with van der Waals surface area (Å²) in [6, 6.07) is 8.48. The first-order valence-electron chi connectivity index (χ1n) is 7.15.